The second-order valence-corrected chi connectivity index (χ2v) is 6.19. The predicted octanol–water partition coefficient (Wildman–Crippen LogP) is 4.80. The van der Waals surface area contributed by atoms with Gasteiger partial charge in [0.25, 0.3) is 0 Å². The van der Waals surface area contributed by atoms with E-state index in [2.05, 4.69) is 21.2 Å². The fraction of sp³-hybridized carbons (Fsp3) is 0.133. The molecule has 0 spiro atoms. The van der Waals surface area contributed by atoms with Crippen molar-refractivity contribution in [3.05, 3.63) is 51.0 Å². The molecule has 0 bridgehead atoms. The largest absolute Gasteiger partial charge is 0.495 e. The first-order valence-electron chi connectivity index (χ1n) is 6.13. The van der Waals surface area contributed by atoms with Crippen LogP contribution in [0.5, 0.6) is 5.75 Å². The van der Waals surface area contributed by atoms with Crippen molar-refractivity contribution in [2.24, 2.45) is 5.73 Å². The molecule has 0 aliphatic heterocycles. The summed E-state index contributed by atoms with van der Waals surface area (Å²) in [7, 11) is 1.61. The van der Waals surface area contributed by atoms with E-state index in [9.17, 15) is 0 Å². The third-order valence-corrected chi connectivity index (χ3v) is 4.28. The van der Waals surface area contributed by atoms with Crippen LogP contribution in [0.25, 0.3) is 0 Å². The molecule has 0 aromatic heterocycles. The smallest absolute Gasteiger partial charge is 0.143 e. The number of anilines is 2. The van der Waals surface area contributed by atoms with Crippen LogP contribution in [0, 0.1) is 6.92 Å². The van der Waals surface area contributed by atoms with Crippen molar-refractivity contribution in [1.82, 2.24) is 0 Å². The highest BCUT2D eigenvalue weighted by atomic mass is 79.9. The minimum absolute atomic E-state index is 0.355. The quantitative estimate of drug-likeness (QED) is 0.742. The standard InChI is InChI=1S/C15H14BrClN2OS/c1-8-5-13(14(20-2)7-12(8)17)19-9-3-4-10(15(18)21)11(16)6-9/h3-7,19H,1-2H3,(H2,18,21). The van der Waals surface area contributed by atoms with E-state index in [4.69, 9.17) is 34.3 Å². The second kappa shape index (κ2) is 6.64. The van der Waals surface area contributed by atoms with Gasteiger partial charge in [-0.2, -0.15) is 0 Å². The zero-order valence-electron chi connectivity index (χ0n) is 11.5. The Kier molecular flexibility index (Phi) is 5.08. The molecule has 0 radical (unpaired) electrons. The fourth-order valence-electron chi connectivity index (χ4n) is 1.88. The Hall–Kier alpha value is -1.30. The summed E-state index contributed by atoms with van der Waals surface area (Å²) in [5, 5.41) is 3.97. The van der Waals surface area contributed by atoms with Crippen molar-refractivity contribution in [3.63, 3.8) is 0 Å². The van der Waals surface area contributed by atoms with Crippen molar-refractivity contribution in [2.45, 2.75) is 6.92 Å². The average Bonchev–Trinajstić information content (AvgIpc) is 2.42. The highest BCUT2D eigenvalue weighted by Crippen LogP contribution is 2.34. The summed E-state index contributed by atoms with van der Waals surface area (Å²) in [4.78, 5) is 0.355. The number of nitrogens with two attached hydrogens (primary N) is 1. The Morgan fingerprint density at radius 1 is 1.33 bits per heavy atom. The Balaban J connectivity index is 2.36. The lowest BCUT2D eigenvalue weighted by molar-refractivity contribution is 0.417. The van der Waals surface area contributed by atoms with Gasteiger partial charge in [-0.3, -0.25) is 0 Å². The number of halogens is 2. The first-order chi connectivity index (χ1) is 9.92. The minimum atomic E-state index is 0.355. The number of aryl methyl sites for hydroxylation is 1. The SMILES string of the molecule is COc1cc(Cl)c(C)cc1Nc1ccc(C(N)=S)c(Br)c1. The molecular weight excluding hydrogens is 372 g/mol. The first kappa shape index (κ1) is 16.1. The number of nitrogens with one attached hydrogen (secondary N) is 1. The number of benzene rings is 2. The number of methoxy groups -OCH3 is 1. The van der Waals surface area contributed by atoms with E-state index >= 15 is 0 Å². The van der Waals surface area contributed by atoms with Crippen LogP contribution in [-0.2, 0) is 0 Å². The van der Waals surface area contributed by atoms with Gasteiger partial charge in [0.15, 0.2) is 0 Å². The summed E-state index contributed by atoms with van der Waals surface area (Å²) in [5.41, 5.74) is 9.15. The van der Waals surface area contributed by atoms with Gasteiger partial charge in [-0.05, 0) is 52.7 Å². The Labute approximate surface area is 142 Å². The summed E-state index contributed by atoms with van der Waals surface area (Å²) >= 11 is 14.6. The van der Waals surface area contributed by atoms with Gasteiger partial charge in [0, 0.05) is 26.8 Å². The van der Waals surface area contributed by atoms with Crippen molar-refractivity contribution in [2.75, 3.05) is 12.4 Å². The molecule has 3 N–H and O–H groups in total. The average molecular weight is 386 g/mol. The van der Waals surface area contributed by atoms with Crippen LogP contribution in [0.15, 0.2) is 34.8 Å². The third kappa shape index (κ3) is 3.67. The molecule has 0 amide bonds. The zero-order chi connectivity index (χ0) is 15.6. The number of thiocarbonyl (C=S) groups is 1. The van der Waals surface area contributed by atoms with Gasteiger partial charge in [0.2, 0.25) is 0 Å². The molecule has 21 heavy (non-hydrogen) atoms. The molecule has 0 heterocycles. The van der Waals surface area contributed by atoms with E-state index in [0.717, 1.165) is 27.0 Å². The van der Waals surface area contributed by atoms with Crippen LogP contribution in [0.4, 0.5) is 11.4 Å². The van der Waals surface area contributed by atoms with Crippen LogP contribution in [-0.4, -0.2) is 12.1 Å². The summed E-state index contributed by atoms with van der Waals surface area (Å²) in [6, 6.07) is 9.42. The van der Waals surface area contributed by atoms with Crippen molar-refractivity contribution >= 4 is 56.1 Å². The Morgan fingerprint density at radius 3 is 2.62 bits per heavy atom. The van der Waals surface area contributed by atoms with Crippen molar-refractivity contribution < 1.29 is 4.74 Å². The number of hydrogen-bond acceptors (Lipinski definition) is 3. The van der Waals surface area contributed by atoms with Crippen LogP contribution in [0.3, 0.4) is 0 Å². The Morgan fingerprint density at radius 2 is 2.05 bits per heavy atom. The lowest BCUT2D eigenvalue weighted by Gasteiger charge is -2.14. The van der Waals surface area contributed by atoms with Crippen LogP contribution < -0.4 is 15.8 Å². The first-order valence-corrected chi connectivity index (χ1v) is 7.71. The highest BCUT2D eigenvalue weighted by molar-refractivity contribution is 9.10. The van der Waals surface area contributed by atoms with E-state index < -0.39 is 0 Å². The number of rotatable bonds is 4. The maximum absolute atomic E-state index is 6.10. The van der Waals surface area contributed by atoms with Gasteiger partial charge in [-0.15, -0.1) is 0 Å². The normalized spacial score (nSPS) is 10.3. The maximum Gasteiger partial charge on any atom is 0.143 e. The van der Waals surface area contributed by atoms with Crippen LogP contribution in [0.1, 0.15) is 11.1 Å². The van der Waals surface area contributed by atoms with Gasteiger partial charge >= 0.3 is 0 Å². The van der Waals surface area contributed by atoms with Gasteiger partial charge in [-0.1, -0.05) is 23.8 Å². The summed E-state index contributed by atoms with van der Waals surface area (Å²) in [6.45, 7) is 1.94. The van der Waals surface area contributed by atoms with Gasteiger partial charge in [0.05, 0.1) is 12.8 Å². The summed E-state index contributed by atoms with van der Waals surface area (Å²) in [6.07, 6.45) is 0. The monoisotopic (exact) mass is 384 g/mol. The molecule has 6 heteroatoms. The van der Waals surface area contributed by atoms with E-state index in [1.165, 1.54) is 0 Å². The van der Waals surface area contributed by atoms with E-state index in [0.29, 0.717) is 15.8 Å². The molecule has 0 fully saturated rings. The minimum Gasteiger partial charge on any atom is -0.495 e. The number of hydrogen-bond donors (Lipinski definition) is 2. The molecular formula is C15H14BrClN2OS. The molecule has 0 unspecified atom stereocenters. The number of ether oxygens (including phenoxy) is 1. The maximum atomic E-state index is 6.10. The molecule has 3 nitrogen and oxygen atoms in total. The third-order valence-electron chi connectivity index (χ3n) is 2.99. The molecule has 0 saturated heterocycles. The van der Waals surface area contributed by atoms with Gasteiger partial charge in [0.1, 0.15) is 10.7 Å². The van der Waals surface area contributed by atoms with Crippen LogP contribution >= 0.6 is 39.7 Å². The predicted molar refractivity (Wildman–Crippen MR) is 96.1 cm³/mol. The molecule has 0 aliphatic carbocycles. The molecule has 2 rings (SSSR count). The second-order valence-electron chi connectivity index (χ2n) is 4.49. The van der Waals surface area contributed by atoms with Crippen LogP contribution in [0.2, 0.25) is 5.02 Å². The van der Waals surface area contributed by atoms with E-state index in [1.807, 2.05) is 31.2 Å². The molecule has 0 atom stereocenters. The fourth-order valence-corrected chi connectivity index (χ4v) is 2.93. The molecule has 0 saturated carbocycles. The van der Waals surface area contributed by atoms with E-state index in [1.54, 1.807) is 13.2 Å². The van der Waals surface area contributed by atoms with Gasteiger partial charge in [-0.25, -0.2) is 0 Å². The molecule has 2 aromatic rings. The highest BCUT2D eigenvalue weighted by Gasteiger charge is 2.09. The lowest BCUT2D eigenvalue weighted by Crippen LogP contribution is -2.10. The topological polar surface area (TPSA) is 47.3 Å². The zero-order valence-corrected chi connectivity index (χ0v) is 14.7. The molecule has 0 aliphatic rings. The summed E-state index contributed by atoms with van der Waals surface area (Å²) in [5.74, 6) is 0.681. The summed E-state index contributed by atoms with van der Waals surface area (Å²) < 4.78 is 6.18. The van der Waals surface area contributed by atoms with Gasteiger partial charge < -0.3 is 15.8 Å². The lowest BCUT2D eigenvalue weighted by atomic mass is 10.1. The van der Waals surface area contributed by atoms with Crippen molar-refractivity contribution in [3.8, 4) is 5.75 Å². The Bertz CT molecular complexity index is 706. The van der Waals surface area contributed by atoms with Crippen molar-refractivity contribution in [1.29, 1.82) is 0 Å². The molecule has 2 aromatic carbocycles. The van der Waals surface area contributed by atoms with E-state index in [-0.39, 0.29) is 0 Å². The molecule has 110 valence electrons.